The number of aliphatic imine (C=N–C) groups is 1. The van der Waals surface area contributed by atoms with Gasteiger partial charge in [0, 0.05) is 13.2 Å². The zero-order valence-corrected chi connectivity index (χ0v) is 14.9. The van der Waals surface area contributed by atoms with Crippen molar-refractivity contribution in [2.45, 2.75) is 40.0 Å². The summed E-state index contributed by atoms with van der Waals surface area (Å²) in [4.78, 5) is 17.8. The number of unbranched alkanes of at least 4 members (excludes halogenated alkanes) is 2. The molecule has 128 valence electrons. The first kappa shape index (κ1) is 19.4. The highest BCUT2D eigenvalue weighted by atomic mass is 16.5. The van der Waals surface area contributed by atoms with Crippen LogP contribution in [0.5, 0.6) is 0 Å². The fourth-order valence-corrected chi connectivity index (χ4v) is 2.06. The molecule has 5 nitrogen and oxygen atoms in total. The normalized spacial score (nSPS) is 11.4. The predicted molar refractivity (Wildman–Crippen MR) is 96.0 cm³/mol. The number of nitrogens with zero attached hydrogens (tertiary/aromatic N) is 3. The van der Waals surface area contributed by atoms with Crippen molar-refractivity contribution in [3.63, 3.8) is 0 Å². The molecule has 0 aliphatic rings. The summed E-state index contributed by atoms with van der Waals surface area (Å²) in [6, 6.07) is 7.85. The lowest BCUT2D eigenvalue weighted by molar-refractivity contribution is -0.138. The molecule has 0 amide bonds. The van der Waals surface area contributed by atoms with Crippen LogP contribution in [0.4, 0.5) is 5.69 Å². The molecule has 0 saturated carbocycles. The number of carbonyl (C=O) groups is 1. The van der Waals surface area contributed by atoms with Gasteiger partial charge in [0.2, 0.25) is 0 Å². The van der Waals surface area contributed by atoms with E-state index >= 15 is 0 Å². The summed E-state index contributed by atoms with van der Waals surface area (Å²) >= 11 is 0. The van der Waals surface area contributed by atoms with Crippen LogP contribution in [-0.2, 0) is 9.53 Å². The molecule has 24 heavy (non-hydrogen) atoms. The third-order valence-corrected chi connectivity index (χ3v) is 3.39. The van der Waals surface area contributed by atoms with Gasteiger partial charge in [-0.05, 0) is 31.9 Å². The third kappa shape index (κ3) is 6.66. The fraction of sp³-hybridized carbons (Fsp3) is 0.421. The molecule has 1 aromatic rings. The molecule has 0 saturated heterocycles. The summed E-state index contributed by atoms with van der Waals surface area (Å²) < 4.78 is 5.09. The Morgan fingerprint density at radius 2 is 2.12 bits per heavy atom. The lowest BCUT2D eigenvalue weighted by Gasteiger charge is -2.09. The van der Waals surface area contributed by atoms with E-state index in [4.69, 9.17) is 10.00 Å². The molecule has 0 atom stereocenters. The van der Waals surface area contributed by atoms with E-state index in [-0.39, 0.29) is 5.57 Å². The van der Waals surface area contributed by atoms with Gasteiger partial charge in [-0.25, -0.2) is 9.79 Å². The van der Waals surface area contributed by atoms with Crippen molar-refractivity contribution in [1.82, 2.24) is 4.90 Å². The SMILES string of the molecule is CCCCCOC(=O)C(C#N)=CN(C)C=Nc1ccc(C)cc1C. The van der Waals surface area contributed by atoms with E-state index in [0.717, 1.165) is 30.5 Å². The molecule has 0 heterocycles. The summed E-state index contributed by atoms with van der Waals surface area (Å²) in [6.45, 7) is 6.43. The molecule has 0 aliphatic carbocycles. The second kappa shape index (κ2) is 10.2. The number of esters is 1. The van der Waals surface area contributed by atoms with Gasteiger partial charge in [-0.1, -0.05) is 37.5 Å². The first-order valence-electron chi connectivity index (χ1n) is 8.10. The van der Waals surface area contributed by atoms with Crippen LogP contribution in [0.3, 0.4) is 0 Å². The van der Waals surface area contributed by atoms with E-state index in [1.54, 1.807) is 18.3 Å². The zero-order valence-electron chi connectivity index (χ0n) is 14.9. The number of nitriles is 1. The van der Waals surface area contributed by atoms with Gasteiger partial charge in [-0.2, -0.15) is 5.26 Å². The minimum atomic E-state index is -0.597. The number of rotatable bonds is 8. The Kier molecular flexibility index (Phi) is 8.28. The number of benzene rings is 1. The van der Waals surface area contributed by atoms with E-state index < -0.39 is 5.97 Å². The molecule has 1 rings (SSSR count). The summed E-state index contributed by atoms with van der Waals surface area (Å²) in [5.74, 6) is -0.597. The van der Waals surface area contributed by atoms with Crippen LogP contribution in [0.15, 0.2) is 35.0 Å². The smallest absolute Gasteiger partial charge is 0.350 e. The topological polar surface area (TPSA) is 65.7 Å². The average molecular weight is 327 g/mol. The van der Waals surface area contributed by atoms with Crippen LogP contribution in [0.2, 0.25) is 0 Å². The van der Waals surface area contributed by atoms with Gasteiger partial charge >= 0.3 is 5.97 Å². The molecule has 5 heteroatoms. The van der Waals surface area contributed by atoms with E-state index in [1.807, 2.05) is 32.0 Å². The van der Waals surface area contributed by atoms with E-state index in [1.165, 1.54) is 11.8 Å². The Morgan fingerprint density at radius 1 is 1.38 bits per heavy atom. The lowest BCUT2D eigenvalue weighted by atomic mass is 10.1. The lowest BCUT2D eigenvalue weighted by Crippen LogP contribution is -2.14. The van der Waals surface area contributed by atoms with Gasteiger partial charge in [0.1, 0.15) is 6.07 Å². The molecule has 1 aromatic carbocycles. The Balaban J connectivity index is 2.69. The molecule has 0 spiro atoms. The minimum Gasteiger partial charge on any atom is -0.462 e. The van der Waals surface area contributed by atoms with Crippen LogP contribution in [0.1, 0.15) is 37.3 Å². The van der Waals surface area contributed by atoms with Gasteiger partial charge in [0.25, 0.3) is 0 Å². The molecular formula is C19H25N3O2. The fourth-order valence-electron chi connectivity index (χ4n) is 2.06. The summed E-state index contributed by atoms with van der Waals surface area (Å²) in [7, 11) is 1.72. The molecule has 0 N–H and O–H groups in total. The molecular weight excluding hydrogens is 302 g/mol. The third-order valence-electron chi connectivity index (χ3n) is 3.39. The first-order valence-corrected chi connectivity index (χ1v) is 8.10. The van der Waals surface area contributed by atoms with Crippen molar-refractivity contribution in [3.8, 4) is 6.07 Å². The van der Waals surface area contributed by atoms with E-state index in [0.29, 0.717) is 6.61 Å². The minimum absolute atomic E-state index is 0.0407. The summed E-state index contributed by atoms with van der Waals surface area (Å²) in [5.41, 5.74) is 3.05. The highest BCUT2D eigenvalue weighted by molar-refractivity contribution is 5.92. The Labute approximate surface area is 144 Å². The summed E-state index contributed by atoms with van der Waals surface area (Å²) in [6.07, 6.45) is 5.86. The molecule has 0 bridgehead atoms. The van der Waals surface area contributed by atoms with Crippen molar-refractivity contribution in [3.05, 3.63) is 41.1 Å². The molecule has 0 aromatic heterocycles. The Hall–Kier alpha value is -2.61. The van der Waals surface area contributed by atoms with E-state index in [2.05, 4.69) is 18.0 Å². The van der Waals surface area contributed by atoms with Crippen molar-refractivity contribution in [1.29, 1.82) is 5.26 Å². The second-order valence-electron chi connectivity index (χ2n) is 5.70. The second-order valence-corrected chi connectivity index (χ2v) is 5.70. The highest BCUT2D eigenvalue weighted by Gasteiger charge is 2.11. The maximum Gasteiger partial charge on any atom is 0.350 e. The van der Waals surface area contributed by atoms with Crippen LogP contribution >= 0.6 is 0 Å². The predicted octanol–water partition coefficient (Wildman–Crippen LogP) is 4.04. The number of hydrogen-bond donors (Lipinski definition) is 0. The maximum absolute atomic E-state index is 11.9. The van der Waals surface area contributed by atoms with E-state index in [9.17, 15) is 4.79 Å². The van der Waals surface area contributed by atoms with Gasteiger partial charge in [0.15, 0.2) is 5.57 Å². The molecule has 0 aliphatic heterocycles. The highest BCUT2D eigenvalue weighted by Crippen LogP contribution is 2.18. The Morgan fingerprint density at radius 3 is 2.75 bits per heavy atom. The number of hydrogen-bond acceptors (Lipinski definition) is 4. The largest absolute Gasteiger partial charge is 0.462 e. The van der Waals surface area contributed by atoms with Crippen molar-refractivity contribution in [2.24, 2.45) is 4.99 Å². The maximum atomic E-state index is 11.9. The molecule has 0 radical (unpaired) electrons. The average Bonchev–Trinajstić information content (AvgIpc) is 2.55. The van der Waals surface area contributed by atoms with Crippen molar-refractivity contribution >= 4 is 18.0 Å². The molecule has 0 unspecified atom stereocenters. The van der Waals surface area contributed by atoms with Crippen LogP contribution in [-0.4, -0.2) is 30.9 Å². The number of aryl methyl sites for hydroxylation is 2. The standard InChI is InChI=1S/C19H25N3O2/c1-5-6-7-10-24-19(23)17(12-20)13-22(4)14-21-18-9-8-15(2)11-16(18)3/h8-9,11,13-14H,5-7,10H2,1-4H3. The van der Waals surface area contributed by atoms with Gasteiger partial charge in [-0.3, -0.25) is 0 Å². The quantitative estimate of drug-likeness (QED) is 0.180. The Bertz CT molecular complexity index is 657. The van der Waals surface area contributed by atoms with Crippen molar-refractivity contribution in [2.75, 3.05) is 13.7 Å². The van der Waals surface area contributed by atoms with Crippen molar-refractivity contribution < 1.29 is 9.53 Å². The first-order chi connectivity index (χ1) is 11.5. The summed E-state index contributed by atoms with van der Waals surface area (Å²) in [5, 5.41) is 9.12. The number of carbonyl (C=O) groups excluding carboxylic acids is 1. The zero-order chi connectivity index (χ0) is 17.9. The monoisotopic (exact) mass is 327 g/mol. The molecule has 0 fully saturated rings. The van der Waals surface area contributed by atoms with Crippen LogP contribution in [0, 0.1) is 25.2 Å². The van der Waals surface area contributed by atoms with Gasteiger partial charge in [-0.15, -0.1) is 0 Å². The number of ether oxygens (including phenoxy) is 1. The van der Waals surface area contributed by atoms with Gasteiger partial charge in [0.05, 0.1) is 18.6 Å². The van der Waals surface area contributed by atoms with Crippen LogP contribution in [0.25, 0.3) is 0 Å². The van der Waals surface area contributed by atoms with Crippen LogP contribution < -0.4 is 0 Å². The van der Waals surface area contributed by atoms with Gasteiger partial charge < -0.3 is 9.64 Å².